The van der Waals surface area contributed by atoms with Crippen LogP contribution < -0.4 is 0 Å². The molecule has 2 rings (SSSR count). The van der Waals surface area contributed by atoms with Gasteiger partial charge in [-0.15, -0.1) is 11.6 Å². The van der Waals surface area contributed by atoms with Crippen LogP contribution in [0.4, 0.5) is 4.39 Å². The quantitative estimate of drug-likeness (QED) is 0.793. The number of hydrogen-bond donors (Lipinski definition) is 0. The smallest absolute Gasteiger partial charge is 0.243 e. The van der Waals surface area contributed by atoms with E-state index in [4.69, 9.17) is 11.6 Å². The standard InChI is InChI=1S/C14H20ClFN2O2S/c1-10-6-13(7-11(8-15)14(10)16)21(19,20)18-5-4-12(9-18)17(2)3/h6-7,12H,4-5,8-9H2,1-3H3. The molecule has 21 heavy (non-hydrogen) atoms. The fourth-order valence-electron chi connectivity index (χ4n) is 2.55. The molecule has 0 spiro atoms. The van der Waals surface area contributed by atoms with Crippen LogP contribution in [0.1, 0.15) is 17.5 Å². The lowest BCUT2D eigenvalue weighted by Gasteiger charge is -2.20. The van der Waals surface area contributed by atoms with E-state index in [0.29, 0.717) is 18.7 Å². The van der Waals surface area contributed by atoms with Gasteiger partial charge in [-0.2, -0.15) is 4.31 Å². The molecule has 1 heterocycles. The van der Waals surface area contributed by atoms with Crippen LogP contribution in [0.15, 0.2) is 17.0 Å². The maximum atomic E-state index is 13.8. The number of benzene rings is 1. The third-order valence-corrected chi connectivity index (χ3v) is 6.07. The summed E-state index contributed by atoms with van der Waals surface area (Å²) in [5.74, 6) is -0.479. The molecule has 0 aliphatic carbocycles. The Balaban J connectivity index is 2.35. The molecule has 1 saturated heterocycles. The zero-order chi connectivity index (χ0) is 15.8. The largest absolute Gasteiger partial charge is 0.305 e. The third kappa shape index (κ3) is 3.23. The van der Waals surface area contributed by atoms with Gasteiger partial charge in [-0.3, -0.25) is 0 Å². The van der Waals surface area contributed by atoms with Crippen LogP contribution in [0, 0.1) is 12.7 Å². The number of alkyl halides is 1. The molecule has 1 unspecified atom stereocenters. The molecular weight excluding hydrogens is 315 g/mol. The first kappa shape index (κ1) is 16.7. The average molecular weight is 335 g/mol. The van der Waals surface area contributed by atoms with E-state index >= 15 is 0 Å². The summed E-state index contributed by atoms with van der Waals surface area (Å²) in [7, 11) is 0.282. The van der Waals surface area contributed by atoms with Gasteiger partial charge in [0.1, 0.15) is 5.82 Å². The van der Waals surface area contributed by atoms with Crippen LogP contribution in [0.25, 0.3) is 0 Å². The zero-order valence-corrected chi connectivity index (χ0v) is 14.0. The number of sulfonamides is 1. The van der Waals surface area contributed by atoms with Crippen LogP contribution in [-0.4, -0.2) is 50.8 Å². The van der Waals surface area contributed by atoms with Crippen molar-refractivity contribution < 1.29 is 12.8 Å². The minimum absolute atomic E-state index is 0.0453. The van der Waals surface area contributed by atoms with Gasteiger partial charge >= 0.3 is 0 Å². The Bertz CT molecular complexity index is 634. The Morgan fingerprint density at radius 3 is 2.62 bits per heavy atom. The predicted molar refractivity (Wildman–Crippen MR) is 81.5 cm³/mol. The highest BCUT2D eigenvalue weighted by Crippen LogP contribution is 2.26. The van der Waals surface area contributed by atoms with Gasteiger partial charge < -0.3 is 4.90 Å². The molecule has 118 valence electrons. The Hall–Kier alpha value is -0.690. The van der Waals surface area contributed by atoms with Crippen molar-refractivity contribution in [2.24, 2.45) is 0 Å². The Morgan fingerprint density at radius 2 is 2.10 bits per heavy atom. The summed E-state index contributed by atoms with van der Waals surface area (Å²) >= 11 is 5.70. The van der Waals surface area contributed by atoms with Crippen molar-refractivity contribution in [3.8, 4) is 0 Å². The molecule has 1 aromatic carbocycles. The van der Waals surface area contributed by atoms with Crippen LogP contribution >= 0.6 is 11.6 Å². The molecule has 0 bridgehead atoms. The molecule has 1 fully saturated rings. The average Bonchev–Trinajstić information content (AvgIpc) is 2.92. The topological polar surface area (TPSA) is 40.6 Å². The van der Waals surface area contributed by atoms with E-state index in [9.17, 15) is 12.8 Å². The monoisotopic (exact) mass is 334 g/mol. The SMILES string of the molecule is Cc1cc(S(=O)(=O)N2CCC(N(C)C)C2)cc(CCl)c1F. The molecular formula is C14H20ClFN2O2S. The minimum Gasteiger partial charge on any atom is -0.305 e. The first-order valence-electron chi connectivity index (χ1n) is 6.79. The number of halogens is 2. The number of aryl methyl sites for hydroxylation is 1. The number of likely N-dealkylation sites (N-methyl/N-ethyl adjacent to an activating group) is 1. The van der Waals surface area contributed by atoms with Crippen LogP contribution in [0.3, 0.4) is 0 Å². The second-order valence-electron chi connectivity index (χ2n) is 5.62. The summed E-state index contributed by atoms with van der Waals surface area (Å²) in [5.41, 5.74) is 0.522. The fourth-order valence-corrected chi connectivity index (χ4v) is 4.38. The lowest BCUT2D eigenvalue weighted by Crippen LogP contribution is -2.34. The summed E-state index contributed by atoms with van der Waals surface area (Å²) in [4.78, 5) is 2.15. The Kier molecular flexibility index (Phi) is 4.92. The summed E-state index contributed by atoms with van der Waals surface area (Å²) in [6.45, 7) is 2.50. The highest BCUT2D eigenvalue weighted by molar-refractivity contribution is 7.89. The van der Waals surface area contributed by atoms with E-state index in [2.05, 4.69) is 0 Å². The second kappa shape index (κ2) is 6.20. The van der Waals surface area contributed by atoms with Crippen molar-refractivity contribution in [3.05, 3.63) is 29.1 Å². The van der Waals surface area contributed by atoms with Gasteiger partial charge in [-0.1, -0.05) is 0 Å². The van der Waals surface area contributed by atoms with E-state index in [1.54, 1.807) is 6.92 Å². The van der Waals surface area contributed by atoms with Crippen LogP contribution in [-0.2, 0) is 15.9 Å². The van der Waals surface area contributed by atoms with Crippen molar-refractivity contribution in [1.82, 2.24) is 9.21 Å². The summed E-state index contributed by atoms with van der Waals surface area (Å²) in [5, 5.41) is 0. The molecule has 0 aromatic heterocycles. The first-order chi connectivity index (χ1) is 9.77. The van der Waals surface area contributed by atoms with E-state index in [1.165, 1.54) is 16.4 Å². The van der Waals surface area contributed by atoms with Gasteiger partial charge in [-0.05, 0) is 45.1 Å². The van der Waals surface area contributed by atoms with Crippen LogP contribution in [0.5, 0.6) is 0 Å². The summed E-state index contributed by atoms with van der Waals surface area (Å²) in [6.07, 6.45) is 0.800. The fraction of sp³-hybridized carbons (Fsp3) is 0.571. The normalized spacial score (nSPS) is 20.4. The molecule has 1 aromatic rings. The molecule has 1 aliphatic rings. The van der Waals surface area contributed by atoms with Crippen molar-refractivity contribution >= 4 is 21.6 Å². The summed E-state index contributed by atoms with van der Waals surface area (Å²) < 4.78 is 40.6. The maximum Gasteiger partial charge on any atom is 0.243 e. The first-order valence-corrected chi connectivity index (χ1v) is 8.76. The van der Waals surface area contributed by atoms with Crippen molar-refractivity contribution in [1.29, 1.82) is 0 Å². The minimum atomic E-state index is -3.60. The number of rotatable bonds is 4. The molecule has 4 nitrogen and oxygen atoms in total. The van der Waals surface area contributed by atoms with Crippen molar-refractivity contribution in [2.45, 2.75) is 30.2 Å². The third-order valence-electron chi connectivity index (χ3n) is 3.94. The van der Waals surface area contributed by atoms with Gasteiger partial charge in [-0.25, -0.2) is 12.8 Å². The van der Waals surface area contributed by atoms with Crippen molar-refractivity contribution in [2.75, 3.05) is 27.2 Å². The predicted octanol–water partition coefficient (Wildman–Crippen LogP) is 2.20. The highest BCUT2D eigenvalue weighted by atomic mass is 35.5. The van der Waals surface area contributed by atoms with E-state index in [1.807, 2.05) is 19.0 Å². The number of nitrogens with zero attached hydrogens (tertiary/aromatic N) is 2. The van der Waals surface area contributed by atoms with E-state index in [0.717, 1.165) is 6.42 Å². The van der Waals surface area contributed by atoms with Gasteiger partial charge in [0.25, 0.3) is 0 Å². The van der Waals surface area contributed by atoms with E-state index in [-0.39, 0.29) is 22.4 Å². The number of hydrogen-bond acceptors (Lipinski definition) is 3. The van der Waals surface area contributed by atoms with Gasteiger partial charge in [0, 0.05) is 24.7 Å². The Labute approximate surface area is 130 Å². The van der Waals surface area contributed by atoms with E-state index < -0.39 is 15.8 Å². The molecule has 0 saturated carbocycles. The lowest BCUT2D eigenvalue weighted by molar-refractivity contribution is 0.302. The molecule has 1 atom stereocenters. The van der Waals surface area contributed by atoms with Gasteiger partial charge in [0.2, 0.25) is 10.0 Å². The Morgan fingerprint density at radius 1 is 1.43 bits per heavy atom. The highest BCUT2D eigenvalue weighted by Gasteiger charge is 2.33. The second-order valence-corrected chi connectivity index (χ2v) is 7.82. The molecule has 0 radical (unpaired) electrons. The van der Waals surface area contributed by atoms with Gasteiger partial charge in [0.05, 0.1) is 10.8 Å². The zero-order valence-electron chi connectivity index (χ0n) is 12.4. The molecule has 7 heteroatoms. The molecule has 0 amide bonds. The molecule has 1 aliphatic heterocycles. The lowest BCUT2D eigenvalue weighted by atomic mass is 10.1. The molecule has 0 N–H and O–H groups in total. The van der Waals surface area contributed by atoms with Gasteiger partial charge in [0.15, 0.2) is 0 Å². The summed E-state index contributed by atoms with van der Waals surface area (Å²) in [6, 6.07) is 2.94. The van der Waals surface area contributed by atoms with Crippen LogP contribution in [0.2, 0.25) is 0 Å². The maximum absolute atomic E-state index is 13.8. The van der Waals surface area contributed by atoms with Crippen molar-refractivity contribution in [3.63, 3.8) is 0 Å².